The summed E-state index contributed by atoms with van der Waals surface area (Å²) in [6.07, 6.45) is 0.466. The van der Waals surface area contributed by atoms with Gasteiger partial charge in [-0.15, -0.1) is 0 Å². The third-order valence-electron chi connectivity index (χ3n) is 3.90. The van der Waals surface area contributed by atoms with Gasteiger partial charge in [0.05, 0.1) is 24.9 Å². The van der Waals surface area contributed by atoms with Crippen molar-refractivity contribution in [2.24, 2.45) is 0 Å². The van der Waals surface area contributed by atoms with E-state index in [2.05, 4.69) is 15.6 Å². The molecule has 2 N–H and O–H groups in total. The number of carbonyl (C=O) groups is 1. The van der Waals surface area contributed by atoms with Crippen LogP contribution in [0.3, 0.4) is 0 Å². The van der Waals surface area contributed by atoms with Gasteiger partial charge in [0.25, 0.3) is 5.91 Å². The molecule has 1 aliphatic rings. The Morgan fingerprint density at radius 2 is 2.18 bits per heavy atom. The predicted octanol–water partition coefficient (Wildman–Crippen LogP) is 2.84. The standard InChI is InChI=1S/C19H21F2N3O4/c1-3-26-12-4-6-14-16(8-12)28-19(24-14)15-7-5-13(9-22-15)27-10-11(2)23-18(25)17(20)21/h4-8,11,17,22H,3,9-10H2,1-2H3,(H,23,25)/t11-/m0/s1. The predicted molar refractivity (Wildman–Crippen MR) is 98.8 cm³/mol. The molecule has 1 amide bonds. The lowest BCUT2D eigenvalue weighted by molar-refractivity contribution is -0.132. The van der Waals surface area contributed by atoms with Gasteiger partial charge in [-0.3, -0.25) is 4.79 Å². The van der Waals surface area contributed by atoms with Crippen LogP contribution in [0.1, 0.15) is 19.7 Å². The minimum absolute atomic E-state index is 0.0816. The van der Waals surface area contributed by atoms with E-state index in [4.69, 9.17) is 13.9 Å². The summed E-state index contributed by atoms with van der Waals surface area (Å²) in [5, 5.41) is 5.31. The third kappa shape index (κ3) is 4.79. The van der Waals surface area contributed by atoms with E-state index in [0.29, 0.717) is 41.8 Å². The number of carbonyl (C=O) groups excluding carboxylic acids is 1. The van der Waals surface area contributed by atoms with E-state index in [-0.39, 0.29) is 6.61 Å². The summed E-state index contributed by atoms with van der Waals surface area (Å²) in [6.45, 7) is 4.53. The van der Waals surface area contributed by atoms with Crippen molar-refractivity contribution in [2.75, 3.05) is 19.8 Å². The smallest absolute Gasteiger partial charge is 0.315 e. The van der Waals surface area contributed by atoms with Crippen molar-refractivity contribution in [3.63, 3.8) is 0 Å². The van der Waals surface area contributed by atoms with E-state index in [1.54, 1.807) is 25.1 Å². The number of allylic oxidation sites excluding steroid dienone is 2. The van der Waals surface area contributed by atoms with Crippen molar-refractivity contribution < 1.29 is 27.5 Å². The molecule has 1 aliphatic heterocycles. The van der Waals surface area contributed by atoms with E-state index in [1.165, 1.54) is 0 Å². The zero-order chi connectivity index (χ0) is 20.1. The van der Waals surface area contributed by atoms with Gasteiger partial charge in [0.2, 0.25) is 5.89 Å². The van der Waals surface area contributed by atoms with Crippen molar-refractivity contribution in [3.05, 3.63) is 42.0 Å². The number of dihydropyridines is 1. The maximum Gasteiger partial charge on any atom is 0.315 e. The minimum Gasteiger partial charge on any atom is -0.494 e. The fraction of sp³-hybridized carbons (Fsp3) is 0.368. The summed E-state index contributed by atoms with van der Waals surface area (Å²) in [6, 6.07) is 4.92. The molecule has 1 aromatic carbocycles. The fourth-order valence-electron chi connectivity index (χ4n) is 2.58. The van der Waals surface area contributed by atoms with Crippen LogP contribution in [0.15, 0.2) is 40.5 Å². The van der Waals surface area contributed by atoms with Gasteiger partial charge < -0.3 is 24.5 Å². The molecule has 1 atom stereocenters. The second-order valence-corrected chi connectivity index (χ2v) is 6.17. The molecule has 28 heavy (non-hydrogen) atoms. The minimum atomic E-state index is -3.04. The van der Waals surface area contributed by atoms with Crippen molar-refractivity contribution in [2.45, 2.75) is 26.3 Å². The van der Waals surface area contributed by atoms with Crippen LogP contribution in [0.5, 0.6) is 5.75 Å². The molecule has 0 spiro atoms. The van der Waals surface area contributed by atoms with E-state index in [9.17, 15) is 13.6 Å². The van der Waals surface area contributed by atoms with Crippen LogP contribution in [-0.2, 0) is 9.53 Å². The van der Waals surface area contributed by atoms with Crippen LogP contribution in [-0.4, -0.2) is 43.1 Å². The highest BCUT2D eigenvalue weighted by molar-refractivity contribution is 5.79. The molecule has 1 aromatic heterocycles. The summed E-state index contributed by atoms with van der Waals surface area (Å²) in [7, 11) is 0. The van der Waals surface area contributed by atoms with Crippen molar-refractivity contribution in [1.82, 2.24) is 15.6 Å². The summed E-state index contributed by atoms with van der Waals surface area (Å²) in [5.74, 6) is 0.456. The molecule has 0 saturated carbocycles. The molecule has 0 unspecified atom stereocenters. The number of nitrogens with zero attached hydrogens (tertiary/aromatic N) is 1. The molecule has 0 aliphatic carbocycles. The van der Waals surface area contributed by atoms with Gasteiger partial charge in [0, 0.05) is 6.07 Å². The second-order valence-electron chi connectivity index (χ2n) is 6.17. The highest BCUT2D eigenvalue weighted by Gasteiger charge is 2.19. The Hall–Kier alpha value is -3.10. The molecule has 7 nitrogen and oxygen atoms in total. The Labute approximate surface area is 160 Å². The van der Waals surface area contributed by atoms with Gasteiger partial charge in [-0.2, -0.15) is 8.78 Å². The van der Waals surface area contributed by atoms with Crippen molar-refractivity contribution in [1.29, 1.82) is 0 Å². The molecular formula is C19H21F2N3O4. The Morgan fingerprint density at radius 1 is 1.36 bits per heavy atom. The van der Waals surface area contributed by atoms with Crippen LogP contribution in [0.4, 0.5) is 8.78 Å². The first-order chi connectivity index (χ1) is 13.5. The number of ether oxygens (including phenoxy) is 2. The number of aromatic nitrogens is 1. The average Bonchev–Trinajstić information content (AvgIpc) is 3.10. The maximum atomic E-state index is 12.2. The van der Waals surface area contributed by atoms with Gasteiger partial charge in [0.1, 0.15) is 23.6 Å². The van der Waals surface area contributed by atoms with Gasteiger partial charge in [-0.25, -0.2) is 4.98 Å². The number of nitrogens with one attached hydrogen (secondary N) is 2. The number of alkyl halides is 2. The van der Waals surface area contributed by atoms with Crippen LogP contribution < -0.4 is 15.4 Å². The number of amides is 1. The SMILES string of the molecule is CCOc1ccc2nc(C3=CC=C(OC[C@H](C)NC(=O)C(F)F)CN3)oc2c1. The monoisotopic (exact) mass is 393 g/mol. The summed E-state index contributed by atoms with van der Waals surface area (Å²) in [5.41, 5.74) is 2.04. The van der Waals surface area contributed by atoms with Crippen LogP contribution >= 0.6 is 0 Å². The number of oxazole rings is 1. The first-order valence-corrected chi connectivity index (χ1v) is 8.86. The lowest BCUT2D eigenvalue weighted by Crippen LogP contribution is -2.39. The molecule has 150 valence electrons. The molecular weight excluding hydrogens is 372 g/mol. The third-order valence-corrected chi connectivity index (χ3v) is 3.90. The molecule has 0 fully saturated rings. The summed E-state index contributed by atoms with van der Waals surface area (Å²) < 4.78 is 41.2. The first kappa shape index (κ1) is 19.7. The number of fused-ring (bicyclic) bond motifs is 1. The average molecular weight is 393 g/mol. The largest absolute Gasteiger partial charge is 0.494 e. The highest BCUT2D eigenvalue weighted by Crippen LogP contribution is 2.25. The molecule has 3 rings (SSSR count). The van der Waals surface area contributed by atoms with Gasteiger partial charge in [0.15, 0.2) is 5.58 Å². The zero-order valence-electron chi connectivity index (χ0n) is 15.5. The number of halogens is 2. The Bertz CT molecular complexity index is 908. The number of hydrogen-bond donors (Lipinski definition) is 2. The first-order valence-electron chi connectivity index (χ1n) is 8.86. The molecule has 0 bridgehead atoms. The Balaban J connectivity index is 1.61. The highest BCUT2D eigenvalue weighted by atomic mass is 19.3. The zero-order valence-corrected chi connectivity index (χ0v) is 15.5. The van der Waals surface area contributed by atoms with Gasteiger partial charge >= 0.3 is 6.43 Å². The molecule has 0 saturated heterocycles. The van der Waals surface area contributed by atoms with Crippen molar-refractivity contribution >= 4 is 22.7 Å². The van der Waals surface area contributed by atoms with E-state index >= 15 is 0 Å². The van der Waals surface area contributed by atoms with E-state index < -0.39 is 18.4 Å². The molecule has 2 heterocycles. The summed E-state index contributed by atoms with van der Waals surface area (Å²) >= 11 is 0. The number of rotatable bonds is 8. The molecule has 2 aromatic rings. The summed E-state index contributed by atoms with van der Waals surface area (Å²) in [4.78, 5) is 15.4. The van der Waals surface area contributed by atoms with Crippen molar-refractivity contribution in [3.8, 4) is 5.75 Å². The quantitative estimate of drug-likeness (QED) is 0.717. The lowest BCUT2D eigenvalue weighted by Gasteiger charge is -2.19. The van der Waals surface area contributed by atoms with Crippen LogP contribution in [0.25, 0.3) is 16.8 Å². The fourth-order valence-corrected chi connectivity index (χ4v) is 2.58. The second kappa shape index (κ2) is 8.73. The number of benzene rings is 1. The Morgan fingerprint density at radius 3 is 2.86 bits per heavy atom. The lowest BCUT2D eigenvalue weighted by atomic mass is 10.2. The van der Waals surface area contributed by atoms with Crippen LogP contribution in [0.2, 0.25) is 0 Å². The maximum absolute atomic E-state index is 12.2. The van der Waals surface area contributed by atoms with E-state index in [0.717, 1.165) is 5.52 Å². The van der Waals surface area contributed by atoms with E-state index in [1.807, 2.05) is 19.1 Å². The Kier molecular flexibility index (Phi) is 6.13. The molecule has 0 radical (unpaired) electrons. The topological polar surface area (TPSA) is 85.6 Å². The number of hydrogen-bond acceptors (Lipinski definition) is 6. The van der Waals surface area contributed by atoms with Gasteiger partial charge in [-0.05, 0) is 38.1 Å². The van der Waals surface area contributed by atoms with Crippen LogP contribution in [0, 0.1) is 0 Å². The normalized spacial score (nSPS) is 14.9. The molecule has 9 heteroatoms. The van der Waals surface area contributed by atoms with Gasteiger partial charge in [-0.1, -0.05) is 0 Å².